The molecule has 1 amide bonds. The van der Waals surface area contributed by atoms with Crippen molar-refractivity contribution < 1.29 is 9.90 Å². The van der Waals surface area contributed by atoms with Gasteiger partial charge < -0.3 is 15.3 Å². The number of hydrogen-bond acceptors (Lipinski definition) is 3. The summed E-state index contributed by atoms with van der Waals surface area (Å²) in [7, 11) is 0. The van der Waals surface area contributed by atoms with Gasteiger partial charge in [-0.15, -0.1) is 0 Å². The minimum absolute atomic E-state index is 0.00801. The Kier molecular flexibility index (Phi) is 4.33. The number of carbonyl (C=O) groups excluding carboxylic acids is 1. The van der Waals surface area contributed by atoms with E-state index in [0.29, 0.717) is 26.1 Å². The molecule has 2 atom stereocenters. The van der Waals surface area contributed by atoms with Gasteiger partial charge >= 0.3 is 0 Å². The molecule has 1 aliphatic heterocycles. The lowest BCUT2D eigenvalue weighted by atomic mass is 10.1. The summed E-state index contributed by atoms with van der Waals surface area (Å²) in [5.74, 6) is -0.00801. The summed E-state index contributed by atoms with van der Waals surface area (Å²) in [4.78, 5) is 14.1. The van der Waals surface area contributed by atoms with Crippen molar-refractivity contribution in [2.24, 2.45) is 0 Å². The van der Waals surface area contributed by atoms with E-state index in [9.17, 15) is 9.90 Å². The third-order valence-corrected chi connectivity index (χ3v) is 3.36. The molecule has 1 aromatic rings. The molecule has 2 rings (SSSR count). The molecular weight excluding hydrogens is 228 g/mol. The fourth-order valence-corrected chi connectivity index (χ4v) is 2.29. The van der Waals surface area contributed by atoms with E-state index in [1.54, 1.807) is 4.90 Å². The van der Waals surface area contributed by atoms with Crippen LogP contribution in [0.25, 0.3) is 0 Å². The molecule has 0 aliphatic carbocycles. The van der Waals surface area contributed by atoms with Gasteiger partial charge in [0, 0.05) is 13.1 Å². The number of amides is 1. The topological polar surface area (TPSA) is 52.6 Å². The Morgan fingerprint density at radius 1 is 1.44 bits per heavy atom. The molecule has 18 heavy (non-hydrogen) atoms. The number of benzene rings is 1. The Morgan fingerprint density at radius 2 is 2.17 bits per heavy atom. The van der Waals surface area contributed by atoms with E-state index in [-0.39, 0.29) is 5.91 Å². The SMILES string of the molecule is CCN(Cc1ccccc1)C(=O)[C@H]1NCCC1O. The molecule has 1 heterocycles. The van der Waals surface area contributed by atoms with Gasteiger partial charge in [-0.3, -0.25) is 4.79 Å². The van der Waals surface area contributed by atoms with Gasteiger partial charge in [0.05, 0.1) is 6.10 Å². The number of aliphatic hydroxyl groups is 1. The summed E-state index contributed by atoms with van der Waals surface area (Å²) in [6, 6.07) is 9.48. The van der Waals surface area contributed by atoms with Gasteiger partial charge in [-0.2, -0.15) is 0 Å². The van der Waals surface area contributed by atoms with Crippen LogP contribution < -0.4 is 5.32 Å². The molecule has 1 aliphatic rings. The summed E-state index contributed by atoms with van der Waals surface area (Å²) in [5.41, 5.74) is 1.11. The maximum atomic E-state index is 12.3. The molecule has 2 N–H and O–H groups in total. The van der Waals surface area contributed by atoms with Crippen molar-refractivity contribution in [3.05, 3.63) is 35.9 Å². The molecular formula is C14H20N2O2. The summed E-state index contributed by atoms with van der Waals surface area (Å²) in [6.07, 6.45) is 0.0987. The summed E-state index contributed by atoms with van der Waals surface area (Å²) < 4.78 is 0. The smallest absolute Gasteiger partial charge is 0.242 e. The number of likely N-dealkylation sites (N-methyl/N-ethyl adjacent to an activating group) is 1. The zero-order valence-corrected chi connectivity index (χ0v) is 10.7. The van der Waals surface area contributed by atoms with Crippen LogP contribution in [0.5, 0.6) is 0 Å². The van der Waals surface area contributed by atoms with Crippen molar-refractivity contribution in [1.29, 1.82) is 0 Å². The molecule has 0 radical (unpaired) electrons. The average molecular weight is 248 g/mol. The third kappa shape index (κ3) is 2.89. The van der Waals surface area contributed by atoms with Crippen LogP contribution >= 0.6 is 0 Å². The molecule has 1 saturated heterocycles. The zero-order chi connectivity index (χ0) is 13.0. The van der Waals surface area contributed by atoms with Crippen molar-refractivity contribution in [2.75, 3.05) is 13.1 Å². The molecule has 0 spiro atoms. The summed E-state index contributed by atoms with van der Waals surface area (Å²) in [5, 5.41) is 12.8. The molecule has 4 heteroatoms. The van der Waals surface area contributed by atoms with Gasteiger partial charge in [0.25, 0.3) is 0 Å². The van der Waals surface area contributed by atoms with Gasteiger partial charge in [-0.25, -0.2) is 0 Å². The van der Waals surface area contributed by atoms with Crippen molar-refractivity contribution in [2.45, 2.75) is 32.0 Å². The molecule has 0 bridgehead atoms. The standard InChI is InChI=1S/C14H20N2O2/c1-2-16(10-11-6-4-3-5-7-11)14(18)13-12(17)8-9-15-13/h3-7,12-13,15,17H,2,8-10H2,1H3/t12?,13-/m0/s1. The third-order valence-electron chi connectivity index (χ3n) is 3.36. The van der Waals surface area contributed by atoms with Gasteiger partial charge in [0.2, 0.25) is 5.91 Å². The van der Waals surface area contributed by atoms with Gasteiger partial charge in [0.15, 0.2) is 0 Å². The number of hydrogen-bond donors (Lipinski definition) is 2. The van der Waals surface area contributed by atoms with Gasteiger partial charge in [-0.05, 0) is 25.5 Å². The molecule has 4 nitrogen and oxygen atoms in total. The maximum Gasteiger partial charge on any atom is 0.242 e. The van der Waals surface area contributed by atoms with E-state index in [1.807, 2.05) is 37.3 Å². The van der Waals surface area contributed by atoms with E-state index >= 15 is 0 Å². The first-order valence-corrected chi connectivity index (χ1v) is 6.46. The van der Waals surface area contributed by atoms with E-state index in [1.165, 1.54) is 0 Å². The lowest BCUT2D eigenvalue weighted by Crippen LogP contribution is -2.47. The van der Waals surface area contributed by atoms with Crippen LogP contribution in [0.3, 0.4) is 0 Å². The quantitative estimate of drug-likeness (QED) is 0.827. The number of rotatable bonds is 4. The first kappa shape index (κ1) is 13.1. The monoisotopic (exact) mass is 248 g/mol. The minimum atomic E-state index is -0.553. The van der Waals surface area contributed by atoms with Crippen LogP contribution in [0, 0.1) is 0 Å². The van der Waals surface area contributed by atoms with Crippen LogP contribution in [0.15, 0.2) is 30.3 Å². The van der Waals surface area contributed by atoms with E-state index < -0.39 is 12.1 Å². The number of nitrogens with one attached hydrogen (secondary N) is 1. The molecule has 1 fully saturated rings. The van der Waals surface area contributed by atoms with Crippen LogP contribution in [-0.2, 0) is 11.3 Å². The average Bonchev–Trinajstić information content (AvgIpc) is 2.82. The number of carbonyl (C=O) groups is 1. The lowest BCUT2D eigenvalue weighted by Gasteiger charge is -2.25. The highest BCUT2D eigenvalue weighted by Crippen LogP contribution is 2.12. The van der Waals surface area contributed by atoms with E-state index in [2.05, 4.69) is 5.32 Å². The highest BCUT2D eigenvalue weighted by Gasteiger charge is 2.33. The second kappa shape index (κ2) is 5.98. The Balaban J connectivity index is 2.02. The second-order valence-corrected chi connectivity index (χ2v) is 4.63. The van der Waals surface area contributed by atoms with Crippen molar-refractivity contribution in [1.82, 2.24) is 10.2 Å². The predicted molar refractivity (Wildman–Crippen MR) is 69.9 cm³/mol. The zero-order valence-electron chi connectivity index (χ0n) is 10.7. The Bertz CT molecular complexity index is 394. The van der Waals surface area contributed by atoms with Gasteiger partial charge in [-0.1, -0.05) is 30.3 Å². The predicted octanol–water partition coefficient (Wildman–Crippen LogP) is 0.758. The number of aliphatic hydroxyl groups excluding tert-OH is 1. The second-order valence-electron chi connectivity index (χ2n) is 4.63. The molecule has 0 saturated carbocycles. The minimum Gasteiger partial charge on any atom is -0.391 e. The summed E-state index contributed by atoms with van der Waals surface area (Å²) in [6.45, 7) is 3.92. The van der Waals surface area contributed by atoms with Gasteiger partial charge in [0.1, 0.15) is 6.04 Å². The highest BCUT2D eigenvalue weighted by atomic mass is 16.3. The van der Waals surface area contributed by atoms with Crippen LogP contribution in [0.4, 0.5) is 0 Å². The normalized spacial score (nSPS) is 23.0. The van der Waals surface area contributed by atoms with Crippen molar-refractivity contribution in [3.63, 3.8) is 0 Å². The van der Waals surface area contributed by atoms with Crippen LogP contribution in [0.2, 0.25) is 0 Å². The van der Waals surface area contributed by atoms with Crippen LogP contribution in [-0.4, -0.2) is 41.1 Å². The number of nitrogens with zero attached hydrogens (tertiary/aromatic N) is 1. The van der Waals surface area contributed by atoms with Crippen molar-refractivity contribution >= 4 is 5.91 Å². The Hall–Kier alpha value is -1.39. The highest BCUT2D eigenvalue weighted by molar-refractivity contribution is 5.82. The molecule has 1 unspecified atom stereocenters. The lowest BCUT2D eigenvalue weighted by molar-refractivity contribution is -0.135. The maximum absolute atomic E-state index is 12.3. The van der Waals surface area contributed by atoms with Crippen LogP contribution in [0.1, 0.15) is 18.9 Å². The van der Waals surface area contributed by atoms with Crippen molar-refractivity contribution in [3.8, 4) is 0 Å². The molecule has 1 aromatic carbocycles. The first-order chi connectivity index (χ1) is 8.72. The van der Waals surface area contributed by atoms with E-state index in [0.717, 1.165) is 5.56 Å². The first-order valence-electron chi connectivity index (χ1n) is 6.46. The largest absolute Gasteiger partial charge is 0.391 e. The molecule has 98 valence electrons. The Labute approximate surface area is 108 Å². The van der Waals surface area contributed by atoms with E-state index in [4.69, 9.17) is 0 Å². The fraction of sp³-hybridized carbons (Fsp3) is 0.500. The molecule has 0 aromatic heterocycles. The Morgan fingerprint density at radius 3 is 2.72 bits per heavy atom. The fourth-order valence-electron chi connectivity index (χ4n) is 2.29. The summed E-state index contributed by atoms with van der Waals surface area (Å²) >= 11 is 0.